The van der Waals surface area contributed by atoms with Gasteiger partial charge in [-0.1, -0.05) is 41.6 Å². The number of hydrogen-bond donors (Lipinski definition) is 1. The van der Waals surface area contributed by atoms with Gasteiger partial charge in [0.15, 0.2) is 5.16 Å². The highest BCUT2D eigenvalue weighted by Gasteiger charge is 2.12. The van der Waals surface area contributed by atoms with Crippen LogP contribution < -0.4 is 15.6 Å². The van der Waals surface area contributed by atoms with Gasteiger partial charge in [0.05, 0.1) is 23.2 Å². The maximum atomic E-state index is 12.6. The van der Waals surface area contributed by atoms with Crippen molar-refractivity contribution >= 4 is 28.6 Å². The van der Waals surface area contributed by atoms with Crippen molar-refractivity contribution in [1.29, 1.82) is 0 Å². The molecule has 0 saturated heterocycles. The van der Waals surface area contributed by atoms with E-state index in [-0.39, 0.29) is 17.2 Å². The molecule has 3 rings (SSSR count). The number of aromatic nitrogens is 2. The van der Waals surface area contributed by atoms with E-state index >= 15 is 0 Å². The molecule has 2 aromatic carbocycles. The minimum atomic E-state index is -0.121. The minimum Gasteiger partial charge on any atom is -0.491 e. The number of thioether (sulfide) groups is 1. The molecule has 0 aliphatic carbocycles. The first-order valence-corrected chi connectivity index (χ1v) is 10.6. The summed E-state index contributed by atoms with van der Waals surface area (Å²) in [5.74, 6) is 0.893. The number of benzene rings is 2. The van der Waals surface area contributed by atoms with E-state index in [0.717, 1.165) is 11.3 Å². The number of carbonyl (C=O) groups is 1. The average molecular weight is 412 g/mol. The van der Waals surface area contributed by atoms with Crippen LogP contribution in [0.2, 0.25) is 0 Å². The van der Waals surface area contributed by atoms with Crippen LogP contribution in [-0.2, 0) is 11.3 Å². The number of nitrogens with zero attached hydrogens (tertiary/aromatic N) is 2. The van der Waals surface area contributed by atoms with Gasteiger partial charge in [0, 0.05) is 6.54 Å². The van der Waals surface area contributed by atoms with Gasteiger partial charge in [0.1, 0.15) is 12.4 Å². The summed E-state index contributed by atoms with van der Waals surface area (Å²) in [5, 5.41) is 3.99. The third kappa shape index (κ3) is 5.17. The smallest absolute Gasteiger partial charge is 0.262 e. The van der Waals surface area contributed by atoms with Gasteiger partial charge in [-0.15, -0.1) is 0 Å². The van der Waals surface area contributed by atoms with Gasteiger partial charge in [-0.2, -0.15) is 0 Å². The Kier molecular flexibility index (Phi) is 6.93. The molecular weight excluding hydrogens is 386 g/mol. The predicted octanol–water partition coefficient (Wildman–Crippen LogP) is 3.32. The quantitative estimate of drug-likeness (QED) is 0.350. The Morgan fingerprint density at radius 2 is 2.00 bits per heavy atom. The molecule has 6 nitrogen and oxygen atoms in total. The number of hydrogen-bond acceptors (Lipinski definition) is 5. The molecule has 3 aromatic rings. The highest BCUT2D eigenvalue weighted by atomic mass is 32.2. The molecule has 7 heteroatoms. The van der Waals surface area contributed by atoms with E-state index in [0.29, 0.717) is 35.8 Å². The first-order valence-electron chi connectivity index (χ1n) is 9.58. The van der Waals surface area contributed by atoms with E-state index in [4.69, 9.17) is 4.74 Å². The van der Waals surface area contributed by atoms with Gasteiger partial charge >= 0.3 is 0 Å². The molecule has 29 heavy (non-hydrogen) atoms. The summed E-state index contributed by atoms with van der Waals surface area (Å²) in [7, 11) is 0. The molecule has 0 aliphatic heterocycles. The van der Waals surface area contributed by atoms with Crippen LogP contribution in [0, 0.1) is 13.8 Å². The van der Waals surface area contributed by atoms with Gasteiger partial charge < -0.3 is 10.1 Å². The van der Waals surface area contributed by atoms with Crippen LogP contribution in [0.1, 0.15) is 18.1 Å². The van der Waals surface area contributed by atoms with E-state index in [2.05, 4.69) is 16.4 Å². The van der Waals surface area contributed by atoms with Crippen molar-refractivity contribution in [1.82, 2.24) is 14.9 Å². The number of carbonyl (C=O) groups excluding carboxylic acids is 1. The van der Waals surface area contributed by atoms with Crippen molar-refractivity contribution in [3.63, 3.8) is 0 Å². The third-order valence-electron chi connectivity index (χ3n) is 4.49. The molecular formula is C22H25N3O3S. The lowest BCUT2D eigenvalue weighted by Crippen LogP contribution is -2.30. The second-order valence-corrected chi connectivity index (χ2v) is 7.66. The van der Waals surface area contributed by atoms with Crippen LogP contribution in [-0.4, -0.2) is 34.4 Å². The number of aryl methyl sites for hydroxylation is 2. The highest BCUT2D eigenvalue weighted by Crippen LogP contribution is 2.19. The van der Waals surface area contributed by atoms with E-state index in [9.17, 15) is 9.59 Å². The summed E-state index contributed by atoms with van der Waals surface area (Å²) in [4.78, 5) is 29.3. The van der Waals surface area contributed by atoms with Crippen molar-refractivity contribution in [2.45, 2.75) is 32.5 Å². The normalized spacial score (nSPS) is 10.9. The Morgan fingerprint density at radius 3 is 2.76 bits per heavy atom. The van der Waals surface area contributed by atoms with Crippen LogP contribution in [0.4, 0.5) is 0 Å². The number of ether oxygens (including phenoxy) is 1. The van der Waals surface area contributed by atoms with E-state index in [1.807, 2.05) is 51.1 Å². The van der Waals surface area contributed by atoms with Gasteiger partial charge in [0.25, 0.3) is 5.56 Å². The lowest BCUT2D eigenvalue weighted by Gasteiger charge is -2.12. The molecule has 152 valence electrons. The number of para-hydroxylation sites is 1. The van der Waals surface area contributed by atoms with Crippen LogP contribution in [0.25, 0.3) is 10.9 Å². The number of fused-ring (bicyclic) bond motifs is 1. The molecule has 1 heterocycles. The van der Waals surface area contributed by atoms with Gasteiger partial charge in [-0.05, 0) is 44.5 Å². The molecule has 1 N–H and O–H groups in total. The zero-order valence-corrected chi connectivity index (χ0v) is 17.7. The lowest BCUT2D eigenvalue weighted by molar-refractivity contribution is -0.118. The van der Waals surface area contributed by atoms with Crippen molar-refractivity contribution in [3.05, 3.63) is 63.9 Å². The molecule has 0 atom stereocenters. The zero-order valence-electron chi connectivity index (χ0n) is 16.9. The topological polar surface area (TPSA) is 73.2 Å². The van der Waals surface area contributed by atoms with Gasteiger partial charge in [-0.25, -0.2) is 4.98 Å². The summed E-state index contributed by atoms with van der Waals surface area (Å²) in [6.45, 7) is 7.25. The third-order valence-corrected chi connectivity index (χ3v) is 5.46. The monoisotopic (exact) mass is 411 g/mol. The Balaban J connectivity index is 1.53. The molecule has 0 radical (unpaired) electrons. The summed E-state index contributed by atoms with van der Waals surface area (Å²) in [6.07, 6.45) is 0. The van der Waals surface area contributed by atoms with Crippen LogP contribution in [0.5, 0.6) is 5.75 Å². The van der Waals surface area contributed by atoms with Crippen LogP contribution in [0.3, 0.4) is 0 Å². The van der Waals surface area contributed by atoms with Gasteiger partial charge in [0.2, 0.25) is 5.91 Å². The molecule has 1 amide bonds. The summed E-state index contributed by atoms with van der Waals surface area (Å²) in [5.41, 5.74) is 2.83. The Bertz CT molecular complexity index is 1080. The second-order valence-electron chi connectivity index (χ2n) is 6.72. The number of rotatable bonds is 8. The predicted molar refractivity (Wildman–Crippen MR) is 117 cm³/mol. The van der Waals surface area contributed by atoms with Crippen molar-refractivity contribution in [2.24, 2.45) is 0 Å². The van der Waals surface area contributed by atoms with Gasteiger partial charge in [-0.3, -0.25) is 14.2 Å². The standard InChI is InChI=1S/C22H25N3O3S/c1-4-25-21(27)17-7-5-6-8-18(17)24-22(25)29-14-20(26)23-11-12-28-19-10-9-15(2)13-16(19)3/h5-10,13H,4,11-12,14H2,1-3H3,(H,23,26). The fourth-order valence-electron chi connectivity index (χ4n) is 3.03. The zero-order chi connectivity index (χ0) is 20.8. The Morgan fingerprint density at radius 1 is 1.21 bits per heavy atom. The molecule has 1 aromatic heterocycles. The Labute approximate surface area is 174 Å². The van der Waals surface area contributed by atoms with E-state index in [1.165, 1.54) is 17.3 Å². The minimum absolute atomic E-state index is 0.0807. The van der Waals surface area contributed by atoms with Crippen LogP contribution in [0.15, 0.2) is 52.4 Å². The fourth-order valence-corrected chi connectivity index (χ4v) is 3.92. The Hall–Kier alpha value is -2.80. The van der Waals surface area contributed by atoms with E-state index in [1.54, 1.807) is 10.6 Å². The largest absolute Gasteiger partial charge is 0.491 e. The summed E-state index contributed by atoms with van der Waals surface area (Å²) >= 11 is 1.27. The van der Waals surface area contributed by atoms with Crippen molar-refractivity contribution < 1.29 is 9.53 Å². The molecule has 0 fully saturated rings. The molecule has 0 aliphatic rings. The maximum Gasteiger partial charge on any atom is 0.262 e. The fraction of sp³-hybridized carbons (Fsp3) is 0.318. The molecule has 0 spiro atoms. The SMILES string of the molecule is CCn1c(SCC(=O)NCCOc2ccc(C)cc2C)nc2ccccc2c1=O. The van der Waals surface area contributed by atoms with Crippen molar-refractivity contribution in [2.75, 3.05) is 18.9 Å². The summed E-state index contributed by atoms with van der Waals surface area (Å²) < 4.78 is 7.33. The summed E-state index contributed by atoms with van der Waals surface area (Å²) in [6, 6.07) is 13.3. The lowest BCUT2D eigenvalue weighted by atomic mass is 10.1. The maximum absolute atomic E-state index is 12.6. The van der Waals surface area contributed by atoms with Crippen LogP contribution >= 0.6 is 11.8 Å². The molecule has 0 bridgehead atoms. The first-order chi connectivity index (χ1) is 14.0. The average Bonchev–Trinajstić information content (AvgIpc) is 2.71. The van der Waals surface area contributed by atoms with E-state index < -0.39 is 0 Å². The van der Waals surface area contributed by atoms with Crippen molar-refractivity contribution in [3.8, 4) is 5.75 Å². The first kappa shape index (κ1) is 20.9. The molecule has 0 saturated carbocycles. The number of amides is 1. The number of nitrogens with one attached hydrogen (secondary N) is 1. The highest BCUT2D eigenvalue weighted by molar-refractivity contribution is 7.99. The molecule has 0 unspecified atom stereocenters. The second kappa shape index (κ2) is 9.60.